The van der Waals surface area contributed by atoms with Gasteiger partial charge in [-0.15, -0.1) is 0 Å². The van der Waals surface area contributed by atoms with Crippen LogP contribution in [0.4, 0.5) is 0 Å². The number of rotatable bonds is 8. The molecule has 2 N–H and O–H groups in total. The minimum atomic E-state index is 0.467. The summed E-state index contributed by atoms with van der Waals surface area (Å²) in [5, 5.41) is 6.62. The first-order chi connectivity index (χ1) is 7.74. The third-order valence-electron chi connectivity index (χ3n) is 2.43. The van der Waals surface area contributed by atoms with E-state index in [0.29, 0.717) is 6.04 Å². The van der Waals surface area contributed by atoms with Crippen LogP contribution in [-0.4, -0.2) is 38.8 Å². The predicted octanol–water partition coefficient (Wildman–Crippen LogP) is 1.77. The van der Waals surface area contributed by atoms with Crippen molar-refractivity contribution in [2.24, 2.45) is 4.99 Å². The number of aliphatic imine (C=N–C) groups is 1. The Kier molecular flexibility index (Phi) is 10.2. The van der Waals surface area contributed by atoms with Gasteiger partial charge in [-0.2, -0.15) is 0 Å². The average molecular weight is 229 g/mol. The molecule has 1 atom stereocenters. The normalized spacial score (nSPS) is 13.6. The quantitative estimate of drug-likeness (QED) is 0.379. The summed E-state index contributed by atoms with van der Waals surface area (Å²) in [7, 11) is 1.80. The average Bonchev–Trinajstić information content (AvgIpc) is 2.31. The molecular formula is C12H27N3O. The Hall–Kier alpha value is -0.770. The summed E-state index contributed by atoms with van der Waals surface area (Å²) in [5.41, 5.74) is 0. The topological polar surface area (TPSA) is 45.6 Å². The molecule has 96 valence electrons. The zero-order valence-electron chi connectivity index (χ0n) is 11.2. The van der Waals surface area contributed by atoms with Crippen molar-refractivity contribution < 1.29 is 4.74 Å². The molecule has 4 heteroatoms. The molecule has 4 nitrogen and oxygen atoms in total. The van der Waals surface area contributed by atoms with Gasteiger partial charge in [-0.1, -0.05) is 6.92 Å². The molecule has 0 saturated heterocycles. The van der Waals surface area contributed by atoms with Crippen LogP contribution in [0.1, 0.15) is 40.0 Å². The van der Waals surface area contributed by atoms with E-state index in [1.54, 1.807) is 7.05 Å². The Morgan fingerprint density at radius 3 is 2.62 bits per heavy atom. The molecule has 0 rings (SSSR count). The summed E-state index contributed by atoms with van der Waals surface area (Å²) in [6.45, 7) is 8.95. The first kappa shape index (κ1) is 15.2. The van der Waals surface area contributed by atoms with E-state index < -0.39 is 0 Å². The molecule has 0 saturated carbocycles. The maximum atomic E-state index is 5.28. The van der Waals surface area contributed by atoms with Gasteiger partial charge in [-0.25, -0.2) is 0 Å². The molecule has 0 bridgehead atoms. The van der Waals surface area contributed by atoms with Gasteiger partial charge in [0.1, 0.15) is 0 Å². The van der Waals surface area contributed by atoms with Crippen LogP contribution in [0.25, 0.3) is 0 Å². The monoisotopic (exact) mass is 229 g/mol. The summed E-state index contributed by atoms with van der Waals surface area (Å²) in [4.78, 5) is 4.17. The zero-order chi connectivity index (χ0) is 12.2. The van der Waals surface area contributed by atoms with Crippen molar-refractivity contribution in [1.82, 2.24) is 10.6 Å². The van der Waals surface area contributed by atoms with Gasteiger partial charge < -0.3 is 15.4 Å². The van der Waals surface area contributed by atoms with Crippen LogP contribution in [0.2, 0.25) is 0 Å². The second kappa shape index (κ2) is 10.7. The first-order valence-electron chi connectivity index (χ1n) is 6.29. The molecule has 0 heterocycles. The molecule has 0 aliphatic rings. The van der Waals surface area contributed by atoms with Crippen molar-refractivity contribution in [1.29, 1.82) is 0 Å². The van der Waals surface area contributed by atoms with Crippen molar-refractivity contribution >= 4 is 5.96 Å². The molecule has 16 heavy (non-hydrogen) atoms. The van der Waals surface area contributed by atoms with Crippen molar-refractivity contribution in [3.05, 3.63) is 0 Å². The first-order valence-corrected chi connectivity index (χ1v) is 6.29. The van der Waals surface area contributed by atoms with Gasteiger partial charge in [0.15, 0.2) is 5.96 Å². The summed E-state index contributed by atoms with van der Waals surface area (Å²) in [5.74, 6) is 0.894. The molecule has 0 aliphatic heterocycles. The Labute approximate surface area is 99.9 Å². The second-order valence-corrected chi connectivity index (χ2v) is 3.86. The smallest absolute Gasteiger partial charge is 0.191 e. The third kappa shape index (κ3) is 8.53. The molecule has 0 aromatic carbocycles. The highest BCUT2D eigenvalue weighted by atomic mass is 16.5. The molecular weight excluding hydrogens is 202 g/mol. The molecule has 0 radical (unpaired) electrons. The number of nitrogens with one attached hydrogen (secondary N) is 2. The summed E-state index contributed by atoms with van der Waals surface area (Å²) >= 11 is 0. The molecule has 0 spiro atoms. The summed E-state index contributed by atoms with van der Waals surface area (Å²) < 4.78 is 5.28. The van der Waals surface area contributed by atoms with Crippen LogP contribution in [0.3, 0.4) is 0 Å². The predicted molar refractivity (Wildman–Crippen MR) is 70.0 cm³/mol. The van der Waals surface area contributed by atoms with Crippen LogP contribution in [0.15, 0.2) is 4.99 Å². The van der Waals surface area contributed by atoms with E-state index in [9.17, 15) is 0 Å². The molecule has 0 aromatic heterocycles. The number of unbranched alkanes of at least 4 members (excludes halogenated alkanes) is 1. The van der Waals surface area contributed by atoms with E-state index in [4.69, 9.17) is 4.74 Å². The van der Waals surface area contributed by atoms with E-state index in [2.05, 4.69) is 29.5 Å². The van der Waals surface area contributed by atoms with Crippen LogP contribution in [0.5, 0.6) is 0 Å². The number of ether oxygens (including phenoxy) is 1. The summed E-state index contributed by atoms with van der Waals surface area (Å²) in [6, 6.07) is 0.467. The SMILES string of the molecule is CCOCCCCNC(=NC)NC(C)CC. The Morgan fingerprint density at radius 2 is 2.06 bits per heavy atom. The van der Waals surface area contributed by atoms with E-state index in [-0.39, 0.29) is 0 Å². The lowest BCUT2D eigenvalue weighted by Gasteiger charge is -2.16. The van der Waals surface area contributed by atoms with E-state index >= 15 is 0 Å². The van der Waals surface area contributed by atoms with Gasteiger partial charge in [-0.3, -0.25) is 4.99 Å². The highest BCUT2D eigenvalue weighted by molar-refractivity contribution is 5.79. The van der Waals surface area contributed by atoms with Crippen LogP contribution >= 0.6 is 0 Å². The van der Waals surface area contributed by atoms with Crippen LogP contribution in [-0.2, 0) is 4.74 Å². The summed E-state index contributed by atoms with van der Waals surface area (Å²) in [6.07, 6.45) is 3.31. The lowest BCUT2D eigenvalue weighted by molar-refractivity contribution is 0.143. The number of nitrogens with zero attached hydrogens (tertiary/aromatic N) is 1. The largest absolute Gasteiger partial charge is 0.382 e. The number of hydrogen-bond donors (Lipinski definition) is 2. The Bertz CT molecular complexity index is 183. The fourth-order valence-corrected chi connectivity index (χ4v) is 1.21. The van der Waals surface area contributed by atoms with Gasteiger partial charge in [0.25, 0.3) is 0 Å². The van der Waals surface area contributed by atoms with E-state index in [1.807, 2.05) is 6.92 Å². The Morgan fingerprint density at radius 1 is 1.31 bits per heavy atom. The molecule has 1 unspecified atom stereocenters. The van der Waals surface area contributed by atoms with Crippen molar-refractivity contribution in [2.75, 3.05) is 26.8 Å². The number of guanidine groups is 1. The van der Waals surface area contributed by atoms with Crippen LogP contribution in [0, 0.1) is 0 Å². The maximum absolute atomic E-state index is 5.28. The van der Waals surface area contributed by atoms with E-state index in [1.165, 1.54) is 0 Å². The van der Waals surface area contributed by atoms with Crippen molar-refractivity contribution in [2.45, 2.75) is 46.1 Å². The third-order valence-corrected chi connectivity index (χ3v) is 2.43. The number of hydrogen-bond acceptors (Lipinski definition) is 2. The van der Waals surface area contributed by atoms with Gasteiger partial charge in [0, 0.05) is 32.8 Å². The van der Waals surface area contributed by atoms with Crippen LogP contribution < -0.4 is 10.6 Å². The van der Waals surface area contributed by atoms with Gasteiger partial charge in [-0.05, 0) is 33.1 Å². The molecule has 0 fully saturated rings. The van der Waals surface area contributed by atoms with E-state index in [0.717, 1.165) is 45.0 Å². The fourth-order valence-electron chi connectivity index (χ4n) is 1.21. The van der Waals surface area contributed by atoms with Crippen molar-refractivity contribution in [3.8, 4) is 0 Å². The van der Waals surface area contributed by atoms with Gasteiger partial charge in [0.2, 0.25) is 0 Å². The van der Waals surface area contributed by atoms with Crippen molar-refractivity contribution in [3.63, 3.8) is 0 Å². The lowest BCUT2D eigenvalue weighted by atomic mass is 10.3. The maximum Gasteiger partial charge on any atom is 0.191 e. The second-order valence-electron chi connectivity index (χ2n) is 3.86. The zero-order valence-corrected chi connectivity index (χ0v) is 11.2. The molecule has 0 amide bonds. The lowest BCUT2D eigenvalue weighted by Crippen LogP contribution is -2.42. The van der Waals surface area contributed by atoms with Gasteiger partial charge in [0.05, 0.1) is 0 Å². The minimum absolute atomic E-state index is 0.467. The minimum Gasteiger partial charge on any atom is -0.382 e. The van der Waals surface area contributed by atoms with Gasteiger partial charge >= 0.3 is 0 Å². The standard InChI is InChI=1S/C12H27N3O/c1-5-11(3)15-12(13-4)14-9-7-8-10-16-6-2/h11H,5-10H2,1-4H3,(H2,13,14,15). The molecule has 0 aromatic rings. The highest BCUT2D eigenvalue weighted by Gasteiger charge is 2.01. The fraction of sp³-hybridized carbons (Fsp3) is 0.917. The highest BCUT2D eigenvalue weighted by Crippen LogP contribution is 1.90. The Balaban J connectivity index is 3.49. The molecule has 0 aliphatic carbocycles.